The van der Waals surface area contributed by atoms with Gasteiger partial charge in [0.25, 0.3) is 0 Å². The first kappa shape index (κ1) is 12.0. The van der Waals surface area contributed by atoms with Crippen molar-refractivity contribution in [3.8, 4) is 5.75 Å². The summed E-state index contributed by atoms with van der Waals surface area (Å²) in [6.07, 6.45) is 0. The van der Waals surface area contributed by atoms with Gasteiger partial charge in [-0.2, -0.15) is 0 Å². The molecule has 0 aliphatic heterocycles. The van der Waals surface area contributed by atoms with E-state index in [4.69, 9.17) is 9.84 Å². The monoisotopic (exact) mass is 210 g/mol. The Kier molecular flexibility index (Phi) is 3.72. The van der Waals surface area contributed by atoms with Crippen LogP contribution in [0.15, 0.2) is 24.3 Å². The van der Waals surface area contributed by atoms with Crippen LogP contribution in [0.3, 0.4) is 0 Å². The molecule has 0 unspecified atom stereocenters. The minimum Gasteiger partial charge on any atom is -0.463 e. The highest BCUT2D eigenvalue weighted by atomic mass is 16.6. The first-order chi connectivity index (χ1) is 6.94. The Morgan fingerprint density at radius 3 is 2.47 bits per heavy atom. The molecule has 0 aromatic heterocycles. The van der Waals surface area contributed by atoms with Gasteiger partial charge in [-0.3, -0.25) is 0 Å². The average Bonchev–Trinajstić information content (AvgIpc) is 2.15. The highest BCUT2D eigenvalue weighted by molar-refractivity contribution is 5.36. The van der Waals surface area contributed by atoms with Crippen molar-refractivity contribution in [2.24, 2.45) is 0 Å². The second-order valence-corrected chi connectivity index (χ2v) is 4.17. The van der Waals surface area contributed by atoms with Crippen molar-refractivity contribution in [3.63, 3.8) is 0 Å². The molecule has 84 valence electrons. The van der Waals surface area contributed by atoms with Gasteiger partial charge in [-0.15, -0.1) is 0 Å². The van der Waals surface area contributed by atoms with Gasteiger partial charge in [-0.25, -0.2) is 0 Å². The van der Waals surface area contributed by atoms with Crippen molar-refractivity contribution in [2.75, 3.05) is 6.61 Å². The Hall–Kier alpha value is -1.06. The molecular weight excluding hydrogens is 192 g/mol. The third kappa shape index (κ3) is 3.53. The topological polar surface area (TPSA) is 49.7 Å². The number of rotatable bonds is 4. The summed E-state index contributed by atoms with van der Waals surface area (Å²) in [5.74, 6) is -0.583. The van der Waals surface area contributed by atoms with Crippen LogP contribution in [0.25, 0.3) is 0 Å². The average molecular weight is 210 g/mol. The molecule has 0 fully saturated rings. The maximum atomic E-state index is 9.57. The van der Waals surface area contributed by atoms with E-state index in [0.29, 0.717) is 5.75 Å². The molecule has 3 nitrogen and oxygen atoms in total. The molecule has 0 aliphatic rings. The van der Waals surface area contributed by atoms with Gasteiger partial charge in [-0.05, 0) is 11.6 Å². The molecule has 0 bridgehead atoms. The van der Waals surface area contributed by atoms with Crippen molar-refractivity contribution in [3.05, 3.63) is 29.8 Å². The van der Waals surface area contributed by atoms with Gasteiger partial charge < -0.3 is 14.9 Å². The van der Waals surface area contributed by atoms with E-state index in [1.165, 1.54) is 0 Å². The maximum Gasteiger partial charge on any atom is 0.202 e. The molecule has 0 radical (unpaired) electrons. The first-order valence-electron chi connectivity index (χ1n) is 5.05. The van der Waals surface area contributed by atoms with Gasteiger partial charge in [0.05, 0.1) is 0 Å². The van der Waals surface area contributed by atoms with Gasteiger partial charge in [0, 0.05) is 26.4 Å². The minimum atomic E-state index is -1.20. The summed E-state index contributed by atoms with van der Waals surface area (Å²) in [4.78, 5) is 0. The van der Waals surface area contributed by atoms with Crippen LogP contribution in [0.1, 0.15) is 32.3 Å². The number of benzene rings is 1. The summed E-state index contributed by atoms with van der Waals surface area (Å²) < 4.78 is 5.40. The summed E-state index contributed by atoms with van der Waals surface area (Å²) in [5.41, 5.74) is 0.905. The summed E-state index contributed by atoms with van der Waals surface area (Å²) >= 11 is 0. The smallest absolute Gasteiger partial charge is 0.202 e. The largest absolute Gasteiger partial charge is 0.463 e. The van der Waals surface area contributed by atoms with Crippen LogP contribution < -0.4 is 4.74 Å². The van der Waals surface area contributed by atoms with Crippen molar-refractivity contribution in [1.29, 1.82) is 0 Å². The van der Waals surface area contributed by atoms with Crippen LogP contribution in [0.5, 0.6) is 5.75 Å². The van der Waals surface area contributed by atoms with Gasteiger partial charge in [-0.1, -0.05) is 25.1 Å². The number of para-hydroxylation sites is 1. The van der Waals surface area contributed by atoms with E-state index in [1.807, 2.05) is 25.1 Å². The van der Waals surface area contributed by atoms with E-state index in [9.17, 15) is 5.11 Å². The van der Waals surface area contributed by atoms with E-state index in [-0.39, 0.29) is 12.5 Å². The summed E-state index contributed by atoms with van der Waals surface area (Å²) in [5, 5.41) is 18.7. The van der Waals surface area contributed by atoms with E-state index >= 15 is 0 Å². The number of aliphatic hydroxyl groups excluding tert-OH is 1. The standard InChI is InChI=1S/C12H18O3/c1-9(8-13)10-6-4-5-7-11(10)15-12(2,3)14/h4-7,9,13-14H,8H2,1-3H3/t9-/m0/s1. The lowest BCUT2D eigenvalue weighted by Gasteiger charge is -2.23. The molecule has 15 heavy (non-hydrogen) atoms. The van der Waals surface area contributed by atoms with Gasteiger partial charge in [0.2, 0.25) is 5.79 Å². The zero-order chi connectivity index (χ0) is 11.5. The molecule has 1 aromatic carbocycles. The molecule has 0 spiro atoms. The molecule has 2 N–H and O–H groups in total. The lowest BCUT2D eigenvalue weighted by Crippen LogP contribution is -2.27. The minimum absolute atomic E-state index is 0.00329. The SMILES string of the molecule is C[C@@H](CO)c1ccccc1OC(C)(C)O. The van der Waals surface area contributed by atoms with Crippen LogP contribution in [0.4, 0.5) is 0 Å². The fourth-order valence-electron chi connectivity index (χ4n) is 1.35. The van der Waals surface area contributed by atoms with E-state index in [0.717, 1.165) is 5.56 Å². The van der Waals surface area contributed by atoms with Crippen LogP contribution in [0, 0.1) is 0 Å². The fourth-order valence-corrected chi connectivity index (χ4v) is 1.35. The Bertz CT molecular complexity index is 315. The Labute approximate surface area is 90.3 Å². The zero-order valence-corrected chi connectivity index (χ0v) is 9.40. The third-order valence-corrected chi connectivity index (χ3v) is 2.08. The van der Waals surface area contributed by atoms with Gasteiger partial charge in [0.1, 0.15) is 5.75 Å². The third-order valence-electron chi connectivity index (χ3n) is 2.08. The fraction of sp³-hybridized carbons (Fsp3) is 0.500. The highest BCUT2D eigenvalue weighted by Crippen LogP contribution is 2.28. The Balaban J connectivity index is 2.96. The summed E-state index contributed by atoms with van der Waals surface area (Å²) in [6.45, 7) is 5.12. The zero-order valence-electron chi connectivity index (χ0n) is 9.40. The first-order valence-corrected chi connectivity index (χ1v) is 5.05. The molecule has 0 saturated heterocycles. The van der Waals surface area contributed by atoms with E-state index in [2.05, 4.69) is 0 Å². The van der Waals surface area contributed by atoms with Crippen LogP contribution >= 0.6 is 0 Å². The predicted octanol–water partition coefficient (Wildman–Crippen LogP) is 1.89. The lowest BCUT2D eigenvalue weighted by molar-refractivity contribution is -0.105. The normalized spacial score (nSPS) is 13.7. The number of hydrogen-bond acceptors (Lipinski definition) is 3. The van der Waals surface area contributed by atoms with Crippen molar-refractivity contribution in [2.45, 2.75) is 32.5 Å². The van der Waals surface area contributed by atoms with Crippen molar-refractivity contribution in [1.82, 2.24) is 0 Å². The van der Waals surface area contributed by atoms with Crippen molar-refractivity contribution >= 4 is 0 Å². The molecule has 0 saturated carbocycles. The molecule has 0 amide bonds. The molecule has 1 aromatic rings. The Morgan fingerprint density at radius 2 is 1.93 bits per heavy atom. The van der Waals surface area contributed by atoms with Crippen molar-refractivity contribution < 1.29 is 14.9 Å². The van der Waals surface area contributed by atoms with E-state index < -0.39 is 5.79 Å². The molecular formula is C12H18O3. The van der Waals surface area contributed by atoms with Gasteiger partial charge in [0.15, 0.2) is 0 Å². The number of ether oxygens (including phenoxy) is 1. The van der Waals surface area contributed by atoms with Gasteiger partial charge >= 0.3 is 0 Å². The number of aliphatic hydroxyl groups is 2. The molecule has 3 heteroatoms. The highest BCUT2D eigenvalue weighted by Gasteiger charge is 2.18. The predicted molar refractivity (Wildman–Crippen MR) is 58.9 cm³/mol. The molecule has 0 aliphatic carbocycles. The molecule has 0 heterocycles. The number of hydrogen-bond donors (Lipinski definition) is 2. The summed E-state index contributed by atoms with van der Waals surface area (Å²) in [6, 6.07) is 7.41. The molecule has 1 rings (SSSR count). The second-order valence-electron chi connectivity index (χ2n) is 4.17. The lowest BCUT2D eigenvalue weighted by atomic mass is 10.0. The maximum absolute atomic E-state index is 9.57. The van der Waals surface area contributed by atoms with Crippen LogP contribution in [0.2, 0.25) is 0 Å². The summed E-state index contributed by atoms with van der Waals surface area (Å²) in [7, 11) is 0. The molecule has 1 atom stereocenters. The Morgan fingerprint density at radius 1 is 1.33 bits per heavy atom. The second kappa shape index (κ2) is 4.64. The quantitative estimate of drug-likeness (QED) is 0.746. The van der Waals surface area contributed by atoms with Crippen LogP contribution in [-0.4, -0.2) is 22.6 Å². The van der Waals surface area contributed by atoms with Crippen LogP contribution in [-0.2, 0) is 0 Å². The van der Waals surface area contributed by atoms with E-state index in [1.54, 1.807) is 19.9 Å².